The van der Waals surface area contributed by atoms with Gasteiger partial charge >= 0.3 is 0 Å². The maximum Gasteiger partial charge on any atom is 0.219 e. The van der Waals surface area contributed by atoms with Crippen LogP contribution in [0.1, 0.15) is 43.5 Å². The first-order chi connectivity index (χ1) is 21.4. The third kappa shape index (κ3) is 6.99. The van der Waals surface area contributed by atoms with Gasteiger partial charge in [0.25, 0.3) is 0 Å². The highest BCUT2D eigenvalue weighted by Gasteiger charge is 2.30. The SMILES string of the molecule is CCN1CCCC1CNC(CN1CCN(c2ccccc2C)CC1)Cn1nc(-c2ccc(Cl)cc2)c2c1CCN(C(C)=O)C2. The standard InChI is InChI=1S/C35H48ClN7O/c1-4-40-16-7-9-31(40)22-37-30(23-39-18-20-41(21-19-39)33-10-6-5-8-26(33)2)24-43-34-15-17-42(27(3)44)25-32(34)35(38-43)28-11-13-29(36)14-12-28/h5-6,8,10-14,30-31,37H,4,7,9,15-25H2,1-3H3. The van der Waals surface area contributed by atoms with Gasteiger partial charge in [-0.25, -0.2) is 0 Å². The number of halogens is 1. The molecule has 2 unspecified atom stereocenters. The van der Waals surface area contributed by atoms with E-state index in [-0.39, 0.29) is 11.9 Å². The predicted molar refractivity (Wildman–Crippen MR) is 179 cm³/mol. The Balaban J connectivity index is 1.22. The molecule has 0 radical (unpaired) electrons. The van der Waals surface area contributed by atoms with E-state index in [2.05, 4.69) is 62.8 Å². The highest BCUT2D eigenvalue weighted by Crippen LogP contribution is 2.31. The van der Waals surface area contributed by atoms with Gasteiger partial charge in [0, 0.05) is 105 Å². The fourth-order valence-corrected chi connectivity index (χ4v) is 7.52. The monoisotopic (exact) mass is 617 g/mol. The van der Waals surface area contributed by atoms with Gasteiger partial charge in [0.15, 0.2) is 0 Å². The van der Waals surface area contributed by atoms with E-state index < -0.39 is 0 Å². The van der Waals surface area contributed by atoms with Crippen molar-refractivity contribution >= 4 is 23.2 Å². The number of para-hydroxylation sites is 1. The number of nitrogens with zero attached hydrogens (tertiary/aromatic N) is 6. The number of piperazine rings is 1. The topological polar surface area (TPSA) is 59.9 Å². The van der Waals surface area contributed by atoms with Gasteiger partial charge in [0.1, 0.15) is 0 Å². The summed E-state index contributed by atoms with van der Waals surface area (Å²) < 4.78 is 2.25. The molecule has 3 aliphatic rings. The van der Waals surface area contributed by atoms with E-state index in [0.717, 1.165) is 76.6 Å². The van der Waals surface area contributed by atoms with Crippen molar-refractivity contribution in [2.75, 3.05) is 63.8 Å². The minimum absolute atomic E-state index is 0.117. The summed E-state index contributed by atoms with van der Waals surface area (Å²) in [5, 5.41) is 9.99. The average molecular weight is 618 g/mol. The Morgan fingerprint density at radius 3 is 2.52 bits per heavy atom. The van der Waals surface area contributed by atoms with Crippen LogP contribution in [0.25, 0.3) is 11.3 Å². The second-order valence-electron chi connectivity index (χ2n) is 12.8. The lowest BCUT2D eigenvalue weighted by molar-refractivity contribution is -0.129. The fourth-order valence-electron chi connectivity index (χ4n) is 7.39. The maximum absolute atomic E-state index is 12.4. The van der Waals surface area contributed by atoms with Crippen LogP contribution in [0.2, 0.25) is 5.02 Å². The summed E-state index contributed by atoms with van der Waals surface area (Å²) in [5.41, 5.74) is 7.17. The molecule has 9 heteroatoms. The molecule has 8 nitrogen and oxygen atoms in total. The number of carbonyl (C=O) groups excluding carboxylic acids is 1. The summed E-state index contributed by atoms with van der Waals surface area (Å²) in [7, 11) is 0. The summed E-state index contributed by atoms with van der Waals surface area (Å²) in [6.07, 6.45) is 3.38. The zero-order valence-corrected chi connectivity index (χ0v) is 27.4. The summed E-state index contributed by atoms with van der Waals surface area (Å²) in [5.74, 6) is 0.117. The quantitative estimate of drug-likeness (QED) is 0.357. The third-order valence-electron chi connectivity index (χ3n) is 9.94. The molecule has 6 rings (SSSR count). The number of hydrogen-bond acceptors (Lipinski definition) is 6. The Labute approximate surface area is 267 Å². The van der Waals surface area contributed by atoms with Crippen LogP contribution in [-0.2, 0) is 24.3 Å². The number of carbonyl (C=O) groups is 1. The second kappa shape index (κ2) is 14.0. The Bertz CT molecular complexity index is 1410. The third-order valence-corrected chi connectivity index (χ3v) is 10.2. The number of aromatic nitrogens is 2. The Morgan fingerprint density at radius 1 is 1.02 bits per heavy atom. The number of nitrogens with one attached hydrogen (secondary N) is 1. The number of likely N-dealkylation sites (tertiary alicyclic amines) is 1. The molecule has 3 aliphatic heterocycles. The van der Waals surface area contributed by atoms with Gasteiger partial charge in [0.05, 0.1) is 12.2 Å². The van der Waals surface area contributed by atoms with E-state index >= 15 is 0 Å². The number of aryl methyl sites for hydroxylation is 1. The molecule has 0 spiro atoms. The normalized spacial score (nSPS) is 20.2. The molecular formula is C35H48ClN7O. The van der Waals surface area contributed by atoms with Crippen molar-refractivity contribution in [3.8, 4) is 11.3 Å². The second-order valence-corrected chi connectivity index (χ2v) is 13.2. The Hall–Kier alpha value is -2.91. The summed E-state index contributed by atoms with van der Waals surface area (Å²) >= 11 is 6.24. The minimum Gasteiger partial charge on any atom is -0.369 e. The van der Waals surface area contributed by atoms with Gasteiger partial charge in [0.2, 0.25) is 5.91 Å². The molecule has 2 saturated heterocycles. The van der Waals surface area contributed by atoms with Crippen LogP contribution >= 0.6 is 11.6 Å². The number of amides is 1. The largest absolute Gasteiger partial charge is 0.369 e. The molecule has 1 amide bonds. The lowest BCUT2D eigenvalue weighted by Gasteiger charge is -2.38. The average Bonchev–Trinajstić information content (AvgIpc) is 3.65. The smallest absolute Gasteiger partial charge is 0.219 e. The van der Waals surface area contributed by atoms with E-state index in [4.69, 9.17) is 16.7 Å². The first-order valence-electron chi connectivity index (χ1n) is 16.5. The van der Waals surface area contributed by atoms with Crippen LogP contribution in [0.15, 0.2) is 48.5 Å². The molecule has 4 heterocycles. The molecule has 1 N–H and O–H groups in total. The van der Waals surface area contributed by atoms with Crippen molar-refractivity contribution in [2.24, 2.45) is 0 Å². The van der Waals surface area contributed by atoms with Crippen molar-refractivity contribution < 1.29 is 4.79 Å². The Morgan fingerprint density at radius 2 is 1.80 bits per heavy atom. The molecule has 2 fully saturated rings. The lowest BCUT2D eigenvalue weighted by Crippen LogP contribution is -2.53. The molecule has 0 aliphatic carbocycles. The summed E-state index contributed by atoms with van der Waals surface area (Å²) in [4.78, 5) is 22.1. The molecule has 2 aromatic carbocycles. The lowest BCUT2D eigenvalue weighted by atomic mass is 10.0. The van der Waals surface area contributed by atoms with E-state index in [1.807, 2.05) is 29.2 Å². The number of hydrogen-bond donors (Lipinski definition) is 1. The van der Waals surface area contributed by atoms with Crippen LogP contribution in [0.5, 0.6) is 0 Å². The van der Waals surface area contributed by atoms with Crippen LogP contribution < -0.4 is 10.2 Å². The number of anilines is 1. The molecular weight excluding hydrogens is 570 g/mol. The number of fused-ring (bicyclic) bond motifs is 1. The molecule has 1 aromatic heterocycles. The van der Waals surface area contributed by atoms with Crippen molar-refractivity contribution in [1.82, 2.24) is 29.8 Å². The van der Waals surface area contributed by atoms with Gasteiger partial charge < -0.3 is 15.1 Å². The molecule has 2 atom stereocenters. The molecule has 0 bridgehead atoms. The summed E-state index contributed by atoms with van der Waals surface area (Å²) in [6, 6.07) is 17.6. The zero-order valence-electron chi connectivity index (χ0n) is 26.6. The summed E-state index contributed by atoms with van der Waals surface area (Å²) in [6.45, 7) is 16.8. The van der Waals surface area contributed by atoms with Gasteiger partial charge in [-0.2, -0.15) is 5.10 Å². The molecule has 0 saturated carbocycles. The first-order valence-corrected chi connectivity index (χ1v) is 16.9. The van der Waals surface area contributed by atoms with Crippen molar-refractivity contribution in [3.63, 3.8) is 0 Å². The Kier molecular flexibility index (Phi) is 9.91. The van der Waals surface area contributed by atoms with Gasteiger partial charge in [-0.3, -0.25) is 19.3 Å². The zero-order chi connectivity index (χ0) is 30.6. The fraction of sp³-hybridized carbons (Fsp3) is 0.543. The van der Waals surface area contributed by atoms with Gasteiger partial charge in [-0.05, 0) is 56.6 Å². The predicted octanol–water partition coefficient (Wildman–Crippen LogP) is 4.68. The van der Waals surface area contributed by atoms with Crippen molar-refractivity contribution in [2.45, 2.75) is 65.2 Å². The number of likely N-dealkylation sites (N-methyl/N-ethyl adjacent to an activating group) is 1. The van der Waals surface area contributed by atoms with E-state index in [9.17, 15) is 4.79 Å². The van der Waals surface area contributed by atoms with E-state index in [0.29, 0.717) is 17.6 Å². The molecule has 3 aromatic rings. The van der Waals surface area contributed by atoms with E-state index in [1.165, 1.54) is 41.9 Å². The number of rotatable bonds is 10. The van der Waals surface area contributed by atoms with Crippen LogP contribution in [-0.4, -0.2) is 101 Å². The van der Waals surface area contributed by atoms with E-state index in [1.54, 1.807) is 6.92 Å². The van der Waals surface area contributed by atoms with Gasteiger partial charge in [-0.15, -0.1) is 0 Å². The van der Waals surface area contributed by atoms with Crippen LogP contribution in [0.4, 0.5) is 5.69 Å². The van der Waals surface area contributed by atoms with Crippen LogP contribution in [0, 0.1) is 6.92 Å². The highest BCUT2D eigenvalue weighted by atomic mass is 35.5. The molecule has 44 heavy (non-hydrogen) atoms. The number of benzene rings is 2. The minimum atomic E-state index is 0.117. The van der Waals surface area contributed by atoms with Crippen LogP contribution in [0.3, 0.4) is 0 Å². The maximum atomic E-state index is 12.4. The first kappa shape index (κ1) is 31.1. The molecule has 236 valence electrons. The highest BCUT2D eigenvalue weighted by molar-refractivity contribution is 6.30. The van der Waals surface area contributed by atoms with Gasteiger partial charge in [-0.1, -0.05) is 48.9 Å². The van der Waals surface area contributed by atoms with Crippen molar-refractivity contribution in [3.05, 3.63) is 70.4 Å². The van der Waals surface area contributed by atoms with Crippen molar-refractivity contribution in [1.29, 1.82) is 0 Å².